The van der Waals surface area contributed by atoms with Gasteiger partial charge in [0.2, 0.25) is 0 Å². The molecule has 0 aromatic heterocycles. The highest BCUT2D eigenvalue weighted by Gasteiger charge is 2.43. The number of allylic oxidation sites excluding steroid dienone is 4. The quantitative estimate of drug-likeness (QED) is 0.586. The Morgan fingerprint density at radius 1 is 0.931 bits per heavy atom. The Morgan fingerprint density at radius 3 is 2.38 bits per heavy atom. The molecular weight excluding hydrogens is 424 g/mol. The molecular formula is C25H23BrN2O. The molecule has 4 atom stereocenters. The molecule has 0 bridgehead atoms. The van der Waals surface area contributed by atoms with Gasteiger partial charge in [0.05, 0.1) is 0 Å². The Hall–Kier alpha value is -2.33. The summed E-state index contributed by atoms with van der Waals surface area (Å²) in [5.74, 6) is 2.21. The first-order chi connectivity index (χ1) is 14.2. The number of carbonyl (C=O) groups is 1. The molecule has 29 heavy (non-hydrogen) atoms. The summed E-state index contributed by atoms with van der Waals surface area (Å²) in [6, 6.07) is 12.0. The maximum absolute atomic E-state index is 13.0. The first-order valence-corrected chi connectivity index (χ1v) is 11.3. The monoisotopic (exact) mass is 446 g/mol. The van der Waals surface area contributed by atoms with Crippen LogP contribution >= 0.6 is 15.9 Å². The Balaban J connectivity index is 1.45. The molecule has 0 spiro atoms. The van der Waals surface area contributed by atoms with E-state index in [9.17, 15) is 4.79 Å². The molecule has 0 radical (unpaired) electrons. The highest BCUT2D eigenvalue weighted by molar-refractivity contribution is 9.10. The third-order valence-electron chi connectivity index (χ3n) is 7.10. The van der Waals surface area contributed by atoms with Crippen LogP contribution in [0.15, 0.2) is 65.2 Å². The summed E-state index contributed by atoms with van der Waals surface area (Å²) in [5, 5.41) is 3.24. The van der Waals surface area contributed by atoms with Crippen molar-refractivity contribution in [1.82, 2.24) is 0 Å². The minimum Gasteiger partial charge on any atom is -0.370 e. The average molecular weight is 447 g/mol. The molecule has 1 N–H and O–H groups in total. The standard InChI is InChI=1S/C25H23BrN2O/c26-18-9-7-15(8-10-18)25(29)27-22-12-11-21-19-5-1-3-16(19)13-28-14-17-4-2-6-20(17)23(22)24(21)28/h1-2,5-12,16-17,19-20H,3-4,13-14H2,(H,27,29). The number of carbonyl (C=O) groups excluding carboxylic acids is 1. The zero-order valence-electron chi connectivity index (χ0n) is 16.1. The van der Waals surface area contributed by atoms with E-state index in [-0.39, 0.29) is 5.91 Å². The van der Waals surface area contributed by atoms with Gasteiger partial charge in [-0.1, -0.05) is 46.3 Å². The first kappa shape index (κ1) is 17.5. The van der Waals surface area contributed by atoms with Crippen LogP contribution in [0.3, 0.4) is 0 Å². The number of anilines is 2. The van der Waals surface area contributed by atoms with E-state index in [2.05, 4.69) is 62.6 Å². The maximum atomic E-state index is 13.0. The zero-order valence-corrected chi connectivity index (χ0v) is 17.7. The topological polar surface area (TPSA) is 32.3 Å². The summed E-state index contributed by atoms with van der Waals surface area (Å²) in [4.78, 5) is 15.6. The largest absolute Gasteiger partial charge is 0.370 e. The van der Waals surface area contributed by atoms with E-state index >= 15 is 0 Å². The molecule has 4 unspecified atom stereocenters. The molecule has 0 saturated carbocycles. The van der Waals surface area contributed by atoms with Gasteiger partial charge in [-0.25, -0.2) is 0 Å². The minimum atomic E-state index is -0.0428. The van der Waals surface area contributed by atoms with Gasteiger partial charge < -0.3 is 10.2 Å². The second-order valence-electron chi connectivity index (χ2n) is 8.73. The van der Waals surface area contributed by atoms with Crippen LogP contribution in [0.2, 0.25) is 0 Å². The van der Waals surface area contributed by atoms with E-state index in [0.717, 1.165) is 29.7 Å². The lowest BCUT2D eigenvalue weighted by molar-refractivity contribution is 0.102. The van der Waals surface area contributed by atoms with E-state index in [0.29, 0.717) is 29.2 Å². The van der Waals surface area contributed by atoms with Crippen molar-refractivity contribution in [3.05, 3.63) is 81.9 Å². The second kappa shape index (κ2) is 6.60. The van der Waals surface area contributed by atoms with Gasteiger partial charge in [0.15, 0.2) is 0 Å². The molecule has 4 heteroatoms. The fourth-order valence-corrected chi connectivity index (χ4v) is 6.05. The lowest BCUT2D eigenvalue weighted by atomic mass is 9.74. The molecule has 146 valence electrons. The highest BCUT2D eigenvalue weighted by atomic mass is 79.9. The van der Waals surface area contributed by atoms with Crippen molar-refractivity contribution >= 4 is 33.2 Å². The van der Waals surface area contributed by atoms with Crippen LogP contribution in [0.5, 0.6) is 0 Å². The van der Waals surface area contributed by atoms with Gasteiger partial charge in [-0.15, -0.1) is 0 Å². The summed E-state index contributed by atoms with van der Waals surface area (Å²) in [7, 11) is 0. The molecule has 2 aliphatic heterocycles. The number of rotatable bonds is 2. The average Bonchev–Trinajstić information content (AvgIpc) is 3.38. The van der Waals surface area contributed by atoms with E-state index < -0.39 is 0 Å². The molecule has 2 aromatic carbocycles. The predicted molar refractivity (Wildman–Crippen MR) is 121 cm³/mol. The Morgan fingerprint density at radius 2 is 1.62 bits per heavy atom. The van der Waals surface area contributed by atoms with E-state index in [1.54, 1.807) is 0 Å². The van der Waals surface area contributed by atoms with Gasteiger partial charge in [-0.05, 0) is 60.6 Å². The molecule has 3 nitrogen and oxygen atoms in total. The third kappa shape index (κ3) is 2.72. The Bertz CT molecular complexity index is 1050. The zero-order chi connectivity index (χ0) is 19.5. The van der Waals surface area contributed by atoms with Gasteiger partial charge in [0, 0.05) is 51.9 Å². The summed E-state index contributed by atoms with van der Waals surface area (Å²) in [5.41, 5.74) is 5.83. The fraction of sp³-hybridized carbons (Fsp3) is 0.320. The van der Waals surface area contributed by atoms with Crippen LogP contribution in [-0.4, -0.2) is 19.0 Å². The van der Waals surface area contributed by atoms with Crippen LogP contribution in [-0.2, 0) is 0 Å². The maximum Gasteiger partial charge on any atom is 0.255 e. The molecule has 4 aliphatic rings. The van der Waals surface area contributed by atoms with Gasteiger partial charge in [0.25, 0.3) is 5.91 Å². The van der Waals surface area contributed by atoms with Crippen molar-refractivity contribution in [1.29, 1.82) is 0 Å². The van der Waals surface area contributed by atoms with Crippen LogP contribution in [0.25, 0.3) is 0 Å². The smallest absolute Gasteiger partial charge is 0.255 e. The normalized spacial score (nSPS) is 28.1. The van der Waals surface area contributed by atoms with Gasteiger partial charge in [0.1, 0.15) is 0 Å². The fourth-order valence-electron chi connectivity index (χ4n) is 5.79. The molecule has 1 amide bonds. The Labute approximate surface area is 179 Å². The number of fused-ring (bicyclic) bond motifs is 4. The molecule has 6 rings (SSSR count). The van der Waals surface area contributed by atoms with E-state index in [4.69, 9.17) is 0 Å². The Kier molecular flexibility index (Phi) is 3.98. The second-order valence-corrected chi connectivity index (χ2v) is 9.65. The number of hydrogen-bond donors (Lipinski definition) is 1. The lowest BCUT2D eigenvalue weighted by Crippen LogP contribution is -2.44. The van der Waals surface area contributed by atoms with E-state index in [1.165, 1.54) is 23.2 Å². The van der Waals surface area contributed by atoms with Crippen molar-refractivity contribution in [2.75, 3.05) is 23.3 Å². The van der Waals surface area contributed by atoms with Gasteiger partial charge >= 0.3 is 0 Å². The van der Waals surface area contributed by atoms with Crippen LogP contribution in [0.1, 0.15) is 46.2 Å². The van der Waals surface area contributed by atoms with E-state index in [1.807, 2.05) is 24.3 Å². The number of amides is 1. The van der Waals surface area contributed by atoms with Crippen LogP contribution < -0.4 is 10.2 Å². The first-order valence-electron chi connectivity index (χ1n) is 10.5. The lowest BCUT2D eigenvalue weighted by Gasteiger charge is -2.46. The number of nitrogens with one attached hydrogen (secondary N) is 1. The van der Waals surface area contributed by atoms with Crippen molar-refractivity contribution in [3.8, 4) is 0 Å². The van der Waals surface area contributed by atoms with Crippen molar-refractivity contribution in [2.24, 2.45) is 11.8 Å². The third-order valence-corrected chi connectivity index (χ3v) is 7.63. The summed E-state index contributed by atoms with van der Waals surface area (Å²) in [6.45, 7) is 2.26. The van der Waals surface area contributed by atoms with Crippen LogP contribution in [0, 0.1) is 11.8 Å². The van der Waals surface area contributed by atoms with Gasteiger partial charge in [-0.3, -0.25) is 4.79 Å². The number of nitrogens with zero attached hydrogens (tertiary/aromatic N) is 1. The predicted octanol–water partition coefficient (Wildman–Crippen LogP) is 5.85. The summed E-state index contributed by atoms with van der Waals surface area (Å²) in [6.07, 6.45) is 11.8. The van der Waals surface area contributed by atoms with Crippen molar-refractivity contribution < 1.29 is 4.79 Å². The van der Waals surface area contributed by atoms with Crippen molar-refractivity contribution in [2.45, 2.75) is 24.7 Å². The number of halogens is 1. The minimum absolute atomic E-state index is 0.0428. The highest BCUT2D eigenvalue weighted by Crippen LogP contribution is 2.54. The van der Waals surface area contributed by atoms with Crippen molar-refractivity contribution in [3.63, 3.8) is 0 Å². The summed E-state index contributed by atoms with van der Waals surface area (Å²) >= 11 is 3.44. The molecule has 0 fully saturated rings. The SMILES string of the molecule is O=C(Nc1ccc2c3c1C1C=CCC1CN3CC1CC=CC21)c1ccc(Br)cc1. The molecule has 2 aliphatic carbocycles. The summed E-state index contributed by atoms with van der Waals surface area (Å²) < 4.78 is 0.978. The van der Waals surface area contributed by atoms with Crippen LogP contribution in [0.4, 0.5) is 11.4 Å². The molecule has 0 saturated heterocycles. The molecule has 2 aromatic rings. The number of benzene rings is 2. The van der Waals surface area contributed by atoms with Gasteiger partial charge in [-0.2, -0.15) is 0 Å². The number of hydrogen-bond acceptors (Lipinski definition) is 2. The molecule has 2 heterocycles.